The van der Waals surface area contributed by atoms with Gasteiger partial charge in [-0.1, -0.05) is 90.1 Å². The van der Waals surface area contributed by atoms with Crippen molar-refractivity contribution in [2.45, 2.75) is 141 Å². The van der Waals surface area contributed by atoms with E-state index in [0.29, 0.717) is 59.7 Å². The molecule has 4 aromatic rings. The van der Waals surface area contributed by atoms with E-state index >= 15 is 0 Å². The van der Waals surface area contributed by atoms with Gasteiger partial charge in [0.15, 0.2) is 69.1 Å². The Balaban J connectivity index is 1.34. The number of ether oxygens (including phenoxy) is 8. The molecule has 5 atom stereocenters. The van der Waals surface area contributed by atoms with Crippen LogP contribution in [0.2, 0.25) is 36.3 Å². The van der Waals surface area contributed by atoms with Crippen LogP contribution in [0.4, 0.5) is 0 Å². The minimum atomic E-state index is -2.20. The molecule has 364 valence electrons. The van der Waals surface area contributed by atoms with Crippen molar-refractivity contribution in [3.63, 3.8) is 0 Å². The van der Waals surface area contributed by atoms with Gasteiger partial charge in [0.1, 0.15) is 18.8 Å². The molecule has 0 radical (unpaired) electrons. The molecule has 1 aliphatic rings. The number of methoxy groups -OCH3 is 3. The fraction of sp³-hybridized carbons (Fsp3) is 0.538. The van der Waals surface area contributed by atoms with Crippen LogP contribution in [0.15, 0.2) is 84.9 Å². The fourth-order valence-electron chi connectivity index (χ4n) is 7.03. The van der Waals surface area contributed by atoms with E-state index in [1.807, 2.05) is 80.6 Å². The molecule has 14 heteroatoms. The lowest BCUT2D eigenvalue weighted by Crippen LogP contribution is -2.46. The number of aliphatic hydroxyl groups is 2. The summed E-state index contributed by atoms with van der Waals surface area (Å²) in [5.74, 6) is 1.87. The maximum atomic E-state index is 11.7. The molecule has 0 saturated carbocycles. The van der Waals surface area contributed by atoms with Gasteiger partial charge in [0, 0.05) is 6.61 Å². The van der Waals surface area contributed by atoms with Crippen molar-refractivity contribution < 1.29 is 57.0 Å². The van der Waals surface area contributed by atoms with E-state index in [9.17, 15) is 10.2 Å². The second kappa shape index (κ2) is 21.9. The summed E-state index contributed by atoms with van der Waals surface area (Å²) in [6.45, 7) is 26.9. The molecule has 1 fully saturated rings. The summed E-state index contributed by atoms with van der Waals surface area (Å²) in [5.41, 5.74) is 3.24. The van der Waals surface area contributed by atoms with Crippen molar-refractivity contribution in [3.05, 3.63) is 107 Å². The topological polar surface area (TPSA) is 133 Å². The van der Waals surface area contributed by atoms with Crippen LogP contribution in [0.5, 0.6) is 34.5 Å². The number of hydrogen-bond acceptors (Lipinski definition) is 12. The van der Waals surface area contributed by atoms with Crippen LogP contribution in [-0.4, -0.2) is 86.0 Å². The Morgan fingerprint density at radius 3 is 1.91 bits per heavy atom. The van der Waals surface area contributed by atoms with Crippen molar-refractivity contribution >= 4 is 16.6 Å². The van der Waals surface area contributed by atoms with E-state index in [0.717, 1.165) is 16.7 Å². The Hall–Kier alpha value is -4.13. The largest absolute Gasteiger partial charge is 0.493 e. The van der Waals surface area contributed by atoms with Gasteiger partial charge in [0.25, 0.3) is 0 Å². The smallest absolute Gasteiger partial charge is 0.192 e. The second-order valence-corrected chi connectivity index (χ2v) is 30.0. The van der Waals surface area contributed by atoms with Crippen molar-refractivity contribution in [1.29, 1.82) is 0 Å². The standard InChI is InChI=1S/C52H76O12Si2/c1-50(2,3)65(12,13)60-28-27-39(64-66(14,15)51(4,5)6)36-21-25-41(44(29-36)56-10)61-46(32-53)48(54)37-22-26-42(45(30-37)57-11)62-47-34-59-52(7,8)63-49(47)38-23-24-40(43(31-38)55-9)58-33-35-19-17-16-18-20-35/h16-26,29-31,39,46-49,53-54H,27-28,32-34H2,1-15H3/t39?,46-,47-,48+,49+/m1/s1. The number of hydrogen-bond donors (Lipinski definition) is 2. The minimum Gasteiger partial charge on any atom is -0.493 e. The first kappa shape index (κ1) is 52.8. The zero-order valence-electron chi connectivity index (χ0n) is 42.0. The monoisotopic (exact) mass is 948 g/mol. The van der Waals surface area contributed by atoms with Crippen molar-refractivity contribution in [3.8, 4) is 34.5 Å². The Bertz CT molecular complexity index is 2160. The maximum absolute atomic E-state index is 11.7. The van der Waals surface area contributed by atoms with Crippen molar-refractivity contribution in [2.75, 3.05) is 41.2 Å². The molecular weight excluding hydrogens is 873 g/mol. The third kappa shape index (κ3) is 13.3. The highest BCUT2D eigenvalue weighted by Gasteiger charge is 2.42. The van der Waals surface area contributed by atoms with Gasteiger partial charge in [0.05, 0.1) is 40.6 Å². The van der Waals surface area contributed by atoms with E-state index < -0.39 is 53.4 Å². The molecule has 0 aliphatic carbocycles. The summed E-state index contributed by atoms with van der Waals surface area (Å²) >= 11 is 0. The first-order chi connectivity index (χ1) is 30.9. The van der Waals surface area contributed by atoms with Gasteiger partial charge in [-0.15, -0.1) is 0 Å². The SMILES string of the molecule is COc1cc([C@@H]2OC(C)(C)OC[C@H]2Oc2ccc([C@H](O)[C@@H](CO)Oc3ccc(C(CCO[Si](C)(C)C(C)(C)C)O[Si](C)(C)C(C)(C)C)cc3OC)cc2OC)ccc1OCc1ccccc1. The average molecular weight is 949 g/mol. The average Bonchev–Trinajstić information content (AvgIpc) is 3.26. The maximum Gasteiger partial charge on any atom is 0.192 e. The lowest BCUT2D eigenvalue weighted by atomic mass is 10.0. The second-order valence-electron chi connectivity index (χ2n) is 20.5. The highest BCUT2D eigenvalue weighted by molar-refractivity contribution is 6.74. The molecule has 12 nitrogen and oxygen atoms in total. The molecule has 1 unspecified atom stereocenters. The predicted octanol–water partition coefficient (Wildman–Crippen LogP) is 11.5. The van der Waals surface area contributed by atoms with Gasteiger partial charge < -0.3 is 57.0 Å². The van der Waals surface area contributed by atoms with Crippen LogP contribution in [-0.2, 0) is 24.9 Å². The van der Waals surface area contributed by atoms with Gasteiger partial charge in [-0.05, 0) is 115 Å². The van der Waals surface area contributed by atoms with E-state index in [1.165, 1.54) is 7.11 Å². The summed E-state index contributed by atoms with van der Waals surface area (Å²) in [6.07, 6.45) is -3.03. The summed E-state index contributed by atoms with van der Waals surface area (Å²) in [6, 6.07) is 26.4. The molecule has 1 saturated heterocycles. The molecule has 0 aromatic heterocycles. The number of rotatable bonds is 21. The molecule has 0 amide bonds. The highest BCUT2D eigenvalue weighted by atomic mass is 28.4. The molecular formula is C52H76O12Si2. The lowest BCUT2D eigenvalue weighted by Gasteiger charge is -2.41. The third-order valence-electron chi connectivity index (χ3n) is 13.2. The molecule has 5 rings (SSSR count). The summed E-state index contributed by atoms with van der Waals surface area (Å²) in [7, 11) is 0.527. The van der Waals surface area contributed by atoms with Gasteiger partial charge >= 0.3 is 0 Å². The van der Waals surface area contributed by atoms with Crippen LogP contribution < -0.4 is 28.4 Å². The van der Waals surface area contributed by atoms with E-state index in [1.54, 1.807) is 32.4 Å². The Morgan fingerprint density at radius 1 is 0.712 bits per heavy atom. The van der Waals surface area contributed by atoms with E-state index in [4.69, 9.17) is 46.7 Å². The molecule has 0 bridgehead atoms. The summed E-state index contributed by atoms with van der Waals surface area (Å²) < 4.78 is 62.7. The molecule has 4 aromatic carbocycles. The Morgan fingerprint density at radius 2 is 1.29 bits per heavy atom. The van der Waals surface area contributed by atoms with Crippen molar-refractivity contribution in [1.82, 2.24) is 0 Å². The third-order valence-corrected chi connectivity index (χ3v) is 22.2. The molecule has 2 N–H and O–H groups in total. The Labute approximate surface area is 396 Å². The van der Waals surface area contributed by atoms with Gasteiger partial charge in [-0.2, -0.15) is 0 Å². The van der Waals surface area contributed by atoms with Crippen LogP contribution in [0, 0.1) is 0 Å². The van der Waals surface area contributed by atoms with E-state index in [2.05, 4.69) is 67.7 Å². The lowest BCUT2D eigenvalue weighted by molar-refractivity contribution is -0.302. The minimum absolute atomic E-state index is 0.00463. The molecule has 0 spiro atoms. The van der Waals surface area contributed by atoms with Gasteiger partial charge in [-0.25, -0.2) is 0 Å². The quantitative estimate of drug-likeness (QED) is 0.0771. The zero-order valence-corrected chi connectivity index (χ0v) is 44.0. The van der Waals surface area contributed by atoms with Crippen LogP contribution in [0.3, 0.4) is 0 Å². The zero-order chi connectivity index (χ0) is 48.7. The van der Waals surface area contributed by atoms with Gasteiger partial charge in [-0.3, -0.25) is 0 Å². The number of benzene rings is 4. The highest BCUT2D eigenvalue weighted by Crippen LogP contribution is 2.45. The molecule has 66 heavy (non-hydrogen) atoms. The molecule has 1 heterocycles. The van der Waals surface area contributed by atoms with E-state index in [-0.39, 0.29) is 22.8 Å². The Kier molecular flexibility index (Phi) is 17.5. The first-order valence-electron chi connectivity index (χ1n) is 22.9. The summed E-state index contributed by atoms with van der Waals surface area (Å²) in [4.78, 5) is 0. The first-order valence-corrected chi connectivity index (χ1v) is 28.7. The van der Waals surface area contributed by atoms with Crippen molar-refractivity contribution in [2.24, 2.45) is 0 Å². The van der Waals surface area contributed by atoms with Crippen LogP contribution in [0.1, 0.15) is 102 Å². The normalized spacial score (nSPS) is 18.2. The molecule has 1 aliphatic heterocycles. The predicted molar refractivity (Wildman–Crippen MR) is 263 cm³/mol. The van der Waals surface area contributed by atoms with Gasteiger partial charge in [0.2, 0.25) is 0 Å². The summed E-state index contributed by atoms with van der Waals surface area (Å²) in [5, 5.41) is 22.4. The fourth-order valence-corrected chi connectivity index (χ4v) is 9.41. The number of aliphatic hydroxyl groups excluding tert-OH is 2. The van der Waals surface area contributed by atoms with Crippen LogP contribution >= 0.6 is 0 Å². The van der Waals surface area contributed by atoms with Crippen LogP contribution in [0.25, 0.3) is 0 Å².